The first-order valence-electron chi connectivity index (χ1n) is 9.08. The van der Waals surface area contributed by atoms with E-state index < -0.39 is 12.1 Å². The Kier molecular flexibility index (Phi) is 7.24. The van der Waals surface area contributed by atoms with E-state index in [1.807, 2.05) is 0 Å². The number of halogens is 3. The van der Waals surface area contributed by atoms with Crippen molar-refractivity contribution in [1.82, 2.24) is 10.2 Å². The number of benzene rings is 1. The Balaban J connectivity index is 1.90. The highest BCUT2D eigenvalue weighted by atomic mass is 19.4. The second-order valence-corrected chi connectivity index (χ2v) is 7.20. The summed E-state index contributed by atoms with van der Waals surface area (Å²) in [6, 6.07) is 6.53. The molecule has 1 heterocycles. The molecule has 1 aliphatic heterocycles. The molecule has 0 aromatic heterocycles. The largest absolute Gasteiger partial charge is 0.471 e. The Hall–Kier alpha value is -2.09. The van der Waals surface area contributed by atoms with Gasteiger partial charge in [-0.15, -0.1) is 0 Å². The van der Waals surface area contributed by atoms with E-state index in [1.54, 1.807) is 24.3 Å². The number of alkyl halides is 3. The molecule has 2 amide bonds. The van der Waals surface area contributed by atoms with Gasteiger partial charge in [0.05, 0.1) is 0 Å². The zero-order valence-corrected chi connectivity index (χ0v) is 15.6. The summed E-state index contributed by atoms with van der Waals surface area (Å²) in [7, 11) is 1.10. The van der Waals surface area contributed by atoms with Crippen LogP contribution in [0.25, 0.3) is 0 Å². The van der Waals surface area contributed by atoms with Crippen LogP contribution in [-0.4, -0.2) is 43.0 Å². The van der Waals surface area contributed by atoms with E-state index in [9.17, 15) is 22.8 Å². The minimum Gasteiger partial charge on any atom is -0.334 e. The van der Waals surface area contributed by atoms with Crippen LogP contribution in [0.1, 0.15) is 31.7 Å². The highest BCUT2D eigenvalue weighted by molar-refractivity contribution is 5.91. The molecule has 2 atom stereocenters. The van der Waals surface area contributed by atoms with Crippen molar-refractivity contribution in [3.63, 3.8) is 0 Å². The highest BCUT2D eigenvalue weighted by Crippen LogP contribution is 2.23. The molecule has 1 aromatic carbocycles. The van der Waals surface area contributed by atoms with Gasteiger partial charge in [0.15, 0.2) is 0 Å². The van der Waals surface area contributed by atoms with Crippen LogP contribution in [0, 0.1) is 11.8 Å². The quantitative estimate of drug-likeness (QED) is 0.791. The maximum Gasteiger partial charge on any atom is 0.471 e. The van der Waals surface area contributed by atoms with Gasteiger partial charge in [0, 0.05) is 25.7 Å². The molecule has 1 fully saturated rings. The fourth-order valence-corrected chi connectivity index (χ4v) is 3.35. The molecule has 1 saturated heterocycles. The number of piperidine rings is 1. The number of anilines is 1. The SMILES string of the molecule is CC(CC(=O)Nc1cccc(CN(C)C(=O)C(F)(F)F)c1)C1CCCNC1. The Labute approximate surface area is 157 Å². The van der Waals surface area contributed by atoms with E-state index in [4.69, 9.17) is 0 Å². The maximum atomic E-state index is 12.5. The average molecular weight is 385 g/mol. The van der Waals surface area contributed by atoms with Gasteiger partial charge in [-0.2, -0.15) is 13.2 Å². The number of nitrogens with zero attached hydrogens (tertiary/aromatic N) is 1. The molecule has 5 nitrogen and oxygen atoms in total. The van der Waals surface area contributed by atoms with Gasteiger partial charge in [-0.05, 0) is 55.5 Å². The Morgan fingerprint density at radius 3 is 2.74 bits per heavy atom. The van der Waals surface area contributed by atoms with Crippen molar-refractivity contribution in [3.8, 4) is 0 Å². The Bertz CT molecular complexity index is 658. The number of hydrogen-bond donors (Lipinski definition) is 2. The molecule has 1 aromatic rings. The third-order valence-electron chi connectivity index (χ3n) is 4.87. The summed E-state index contributed by atoms with van der Waals surface area (Å²) in [5.41, 5.74) is 1.02. The molecular formula is C19H26F3N3O2. The summed E-state index contributed by atoms with van der Waals surface area (Å²) in [5.74, 6) is -1.30. The number of amides is 2. The smallest absolute Gasteiger partial charge is 0.334 e. The highest BCUT2D eigenvalue weighted by Gasteiger charge is 2.41. The number of rotatable bonds is 6. The molecule has 27 heavy (non-hydrogen) atoms. The third-order valence-corrected chi connectivity index (χ3v) is 4.87. The summed E-state index contributed by atoms with van der Waals surface area (Å²) in [5, 5.41) is 6.14. The first-order valence-corrected chi connectivity index (χ1v) is 9.08. The Morgan fingerprint density at radius 1 is 1.37 bits per heavy atom. The summed E-state index contributed by atoms with van der Waals surface area (Å²) in [6.07, 6.45) is -2.28. The lowest BCUT2D eigenvalue weighted by Gasteiger charge is -2.28. The van der Waals surface area contributed by atoms with E-state index >= 15 is 0 Å². The van der Waals surface area contributed by atoms with Crippen LogP contribution in [0.15, 0.2) is 24.3 Å². The first-order chi connectivity index (χ1) is 12.7. The molecule has 2 rings (SSSR count). The summed E-state index contributed by atoms with van der Waals surface area (Å²) in [4.78, 5) is 24.1. The lowest BCUT2D eigenvalue weighted by Crippen LogP contribution is -2.37. The van der Waals surface area contributed by atoms with Crippen molar-refractivity contribution in [3.05, 3.63) is 29.8 Å². The lowest BCUT2D eigenvalue weighted by molar-refractivity contribution is -0.184. The molecule has 2 N–H and O–H groups in total. The van der Waals surface area contributed by atoms with Crippen molar-refractivity contribution in [1.29, 1.82) is 0 Å². The molecule has 0 bridgehead atoms. The van der Waals surface area contributed by atoms with Crippen molar-refractivity contribution < 1.29 is 22.8 Å². The van der Waals surface area contributed by atoms with Crippen molar-refractivity contribution >= 4 is 17.5 Å². The fourth-order valence-electron chi connectivity index (χ4n) is 3.35. The molecule has 0 saturated carbocycles. The minimum absolute atomic E-state index is 0.120. The molecule has 2 unspecified atom stereocenters. The van der Waals surface area contributed by atoms with Crippen molar-refractivity contribution in [2.75, 3.05) is 25.5 Å². The monoisotopic (exact) mass is 385 g/mol. The van der Waals surface area contributed by atoms with Crippen LogP contribution >= 0.6 is 0 Å². The van der Waals surface area contributed by atoms with Crippen LogP contribution in [0.2, 0.25) is 0 Å². The minimum atomic E-state index is -4.90. The van der Waals surface area contributed by atoms with Gasteiger partial charge in [0.25, 0.3) is 0 Å². The van der Waals surface area contributed by atoms with Crippen LogP contribution in [0.5, 0.6) is 0 Å². The second kappa shape index (κ2) is 9.21. The number of nitrogens with one attached hydrogen (secondary N) is 2. The maximum absolute atomic E-state index is 12.5. The zero-order valence-electron chi connectivity index (χ0n) is 15.6. The standard InChI is InChI=1S/C19H26F3N3O2/c1-13(15-6-4-8-23-11-15)9-17(26)24-16-7-3-5-14(10-16)12-25(2)18(27)19(20,21)22/h3,5,7,10,13,15,23H,4,6,8-9,11-12H2,1-2H3,(H,24,26). The van der Waals surface area contributed by atoms with Crippen LogP contribution < -0.4 is 10.6 Å². The summed E-state index contributed by atoms with van der Waals surface area (Å²) >= 11 is 0. The van der Waals surface area contributed by atoms with E-state index in [-0.39, 0.29) is 18.4 Å². The van der Waals surface area contributed by atoms with Gasteiger partial charge >= 0.3 is 12.1 Å². The summed E-state index contributed by atoms with van der Waals surface area (Å²) in [6.45, 7) is 3.81. The van der Waals surface area contributed by atoms with Crippen LogP contribution in [0.3, 0.4) is 0 Å². The van der Waals surface area contributed by atoms with Crippen LogP contribution in [-0.2, 0) is 16.1 Å². The van der Waals surface area contributed by atoms with Gasteiger partial charge in [-0.3, -0.25) is 9.59 Å². The fraction of sp³-hybridized carbons (Fsp3) is 0.579. The average Bonchev–Trinajstić information content (AvgIpc) is 2.61. The molecule has 1 aliphatic rings. The van der Waals surface area contributed by atoms with Gasteiger partial charge in [0.1, 0.15) is 0 Å². The lowest BCUT2D eigenvalue weighted by atomic mass is 9.85. The van der Waals surface area contributed by atoms with E-state index in [0.29, 0.717) is 28.5 Å². The van der Waals surface area contributed by atoms with E-state index in [1.165, 1.54) is 0 Å². The van der Waals surface area contributed by atoms with Crippen molar-refractivity contribution in [2.24, 2.45) is 11.8 Å². The zero-order chi connectivity index (χ0) is 20.0. The molecule has 0 aliphatic carbocycles. The number of carbonyl (C=O) groups is 2. The first kappa shape index (κ1) is 21.2. The van der Waals surface area contributed by atoms with Gasteiger partial charge < -0.3 is 15.5 Å². The predicted octanol–water partition coefficient (Wildman–Crippen LogP) is 3.17. The molecule has 150 valence electrons. The second-order valence-electron chi connectivity index (χ2n) is 7.20. The topological polar surface area (TPSA) is 61.4 Å². The van der Waals surface area contributed by atoms with E-state index in [0.717, 1.165) is 33.0 Å². The molecular weight excluding hydrogens is 359 g/mol. The number of carbonyl (C=O) groups excluding carboxylic acids is 2. The normalized spacial score (nSPS) is 18.6. The third kappa shape index (κ3) is 6.53. The summed E-state index contributed by atoms with van der Waals surface area (Å²) < 4.78 is 37.4. The van der Waals surface area contributed by atoms with Crippen molar-refractivity contribution in [2.45, 2.75) is 38.9 Å². The Morgan fingerprint density at radius 2 is 2.11 bits per heavy atom. The van der Waals surface area contributed by atoms with Gasteiger partial charge in [0.2, 0.25) is 5.91 Å². The molecule has 0 spiro atoms. The predicted molar refractivity (Wildman–Crippen MR) is 97.0 cm³/mol. The van der Waals surface area contributed by atoms with Gasteiger partial charge in [-0.25, -0.2) is 0 Å². The van der Waals surface area contributed by atoms with Crippen LogP contribution in [0.4, 0.5) is 18.9 Å². The number of hydrogen-bond acceptors (Lipinski definition) is 3. The molecule has 8 heteroatoms. The van der Waals surface area contributed by atoms with Gasteiger partial charge in [-0.1, -0.05) is 19.1 Å². The molecule has 0 radical (unpaired) electrons. The van der Waals surface area contributed by atoms with E-state index in [2.05, 4.69) is 17.6 Å².